The van der Waals surface area contributed by atoms with Crippen LogP contribution in [0, 0.1) is 11.3 Å². The van der Waals surface area contributed by atoms with Crippen LogP contribution in [-0.4, -0.2) is 31.6 Å². The smallest absolute Gasteiger partial charge is 0.319 e. The number of urea groups is 1. The summed E-state index contributed by atoms with van der Waals surface area (Å²) < 4.78 is 10.7. The first-order chi connectivity index (χ1) is 13.9. The van der Waals surface area contributed by atoms with Gasteiger partial charge in [0, 0.05) is 5.69 Å². The number of imide groups is 1. The fourth-order valence-corrected chi connectivity index (χ4v) is 2.25. The summed E-state index contributed by atoms with van der Waals surface area (Å²) in [5, 5.41) is 13.6. The van der Waals surface area contributed by atoms with Gasteiger partial charge in [-0.1, -0.05) is 24.3 Å². The molecule has 0 fully saturated rings. The van der Waals surface area contributed by atoms with Crippen molar-refractivity contribution < 1.29 is 23.9 Å². The van der Waals surface area contributed by atoms with Gasteiger partial charge in [-0.15, -0.1) is 0 Å². The lowest BCUT2D eigenvalue weighted by Crippen LogP contribution is -2.35. The lowest BCUT2D eigenvalue weighted by atomic mass is 10.1. The van der Waals surface area contributed by atoms with E-state index in [-0.39, 0.29) is 18.1 Å². The largest absolute Gasteiger partial charge is 0.493 e. The molecular weight excluding hydrogens is 376 g/mol. The van der Waals surface area contributed by atoms with Gasteiger partial charge in [-0.05, 0) is 35.9 Å². The summed E-state index contributed by atoms with van der Waals surface area (Å²) in [7, 11) is 1.41. The summed E-state index contributed by atoms with van der Waals surface area (Å²) in [5.74, 6) is -0.680. The number of nitrogens with zero attached hydrogens (tertiary/aromatic N) is 1. The second-order valence-corrected chi connectivity index (χ2v) is 5.60. The Bertz CT molecular complexity index is 980. The Morgan fingerprint density at radius 3 is 2.48 bits per heavy atom. The third-order valence-electron chi connectivity index (χ3n) is 3.52. The number of benzene rings is 2. The van der Waals surface area contributed by atoms with E-state index >= 15 is 0 Å². The number of hydrogen-bond donors (Lipinski definition) is 3. The molecule has 0 unspecified atom stereocenters. The first-order valence-corrected chi connectivity index (χ1v) is 8.31. The van der Waals surface area contributed by atoms with E-state index in [0.717, 1.165) is 0 Å². The van der Waals surface area contributed by atoms with Crippen molar-refractivity contribution in [1.82, 2.24) is 5.32 Å². The number of anilines is 1. The number of ether oxygens (including phenoxy) is 2. The maximum Gasteiger partial charge on any atom is 0.319 e. The number of hydrogen-bond acceptors (Lipinski definition) is 6. The third kappa shape index (κ3) is 6.41. The zero-order chi connectivity index (χ0) is 21.2. The number of methoxy groups -OCH3 is 1. The number of carbonyl (C=O) groups excluding carboxylic acids is 3. The van der Waals surface area contributed by atoms with Gasteiger partial charge in [0.15, 0.2) is 18.1 Å². The fraction of sp³-hybridized carbons (Fsp3) is 0.100. The average molecular weight is 394 g/mol. The molecule has 2 aromatic rings. The lowest BCUT2D eigenvalue weighted by molar-refractivity contribution is -0.118. The van der Waals surface area contributed by atoms with Crippen LogP contribution in [0.1, 0.15) is 5.56 Å². The Morgan fingerprint density at radius 2 is 1.86 bits per heavy atom. The highest BCUT2D eigenvalue weighted by Gasteiger charge is 2.13. The highest BCUT2D eigenvalue weighted by molar-refractivity contribution is 6.08. The normalized spacial score (nSPS) is 10.4. The molecule has 0 aliphatic heterocycles. The zero-order valence-electron chi connectivity index (χ0n) is 15.5. The van der Waals surface area contributed by atoms with Crippen molar-refractivity contribution in [1.29, 1.82) is 5.26 Å². The average Bonchev–Trinajstić information content (AvgIpc) is 2.70. The molecule has 4 amide bonds. The fourth-order valence-electron chi connectivity index (χ4n) is 2.25. The second kappa shape index (κ2) is 10.1. The minimum atomic E-state index is -1.06. The number of amides is 4. The summed E-state index contributed by atoms with van der Waals surface area (Å²) in [5.41, 5.74) is 5.65. The van der Waals surface area contributed by atoms with E-state index in [4.69, 9.17) is 20.5 Å². The molecule has 0 saturated heterocycles. The van der Waals surface area contributed by atoms with Crippen molar-refractivity contribution in [3.05, 3.63) is 59.7 Å². The molecule has 0 bridgehead atoms. The van der Waals surface area contributed by atoms with Gasteiger partial charge in [-0.3, -0.25) is 14.9 Å². The molecule has 0 aromatic heterocycles. The molecular formula is C20H18N4O5. The number of primary amides is 1. The number of nitrogens with one attached hydrogen (secondary N) is 2. The van der Waals surface area contributed by atoms with Crippen molar-refractivity contribution in [2.45, 2.75) is 0 Å². The predicted molar refractivity (Wildman–Crippen MR) is 105 cm³/mol. The van der Waals surface area contributed by atoms with Crippen LogP contribution in [-0.2, 0) is 9.59 Å². The first-order valence-electron chi connectivity index (χ1n) is 8.31. The van der Waals surface area contributed by atoms with Crippen molar-refractivity contribution >= 4 is 29.6 Å². The van der Waals surface area contributed by atoms with E-state index in [2.05, 4.69) is 5.32 Å². The van der Waals surface area contributed by atoms with Gasteiger partial charge in [0.1, 0.15) is 11.6 Å². The Hall–Kier alpha value is -4.32. The third-order valence-corrected chi connectivity index (χ3v) is 3.52. The Balaban J connectivity index is 2.09. The summed E-state index contributed by atoms with van der Waals surface area (Å²) in [4.78, 5) is 34.5. The van der Waals surface area contributed by atoms with Crippen molar-refractivity contribution in [2.75, 3.05) is 19.0 Å². The van der Waals surface area contributed by atoms with Gasteiger partial charge in [-0.2, -0.15) is 5.26 Å². The van der Waals surface area contributed by atoms with Gasteiger partial charge in [0.2, 0.25) is 0 Å². The van der Waals surface area contributed by atoms with Crippen LogP contribution >= 0.6 is 0 Å². The molecule has 0 aliphatic carbocycles. The standard InChI is InChI=1S/C20H18N4O5/c1-28-17-10-13(9-14(11-21)19(26)24-20(22)27)7-8-16(17)29-12-18(25)23-15-5-3-2-4-6-15/h2-10H,12H2,1H3,(H,23,25)(H3,22,24,26,27)/b14-9-. The van der Waals surface area contributed by atoms with Gasteiger partial charge in [0.05, 0.1) is 7.11 Å². The topological polar surface area (TPSA) is 144 Å². The van der Waals surface area contributed by atoms with Crippen LogP contribution in [0.5, 0.6) is 11.5 Å². The van der Waals surface area contributed by atoms with Gasteiger partial charge in [0.25, 0.3) is 11.8 Å². The van der Waals surface area contributed by atoms with Gasteiger partial charge >= 0.3 is 6.03 Å². The van der Waals surface area contributed by atoms with Crippen LogP contribution in [0.2, 0.25) is 0 Å². The highest BCUT2D eigenvalue weighted by Crippen LogP contribution is 2.29. The summed E-state index contributed by atoms with van der Waals surface area (Å²) in [6.07, 6.45) is 1.26. The number of carbonyl (C=O) groups is 3. The van der Waals surface area contributed by atoms with Crippen LogP contribution < -0.4 is 25.8 Å². The SMILES string of the molecule is COc1cc(/C=C(/C#N)C(=O)NC(N)=O)ccc1OCC(=O)Nc1ccccc1. The van der Waals surface area contributed by atoms with E-state index in [0.29, 0.717) is 22.7 Å². The highest BCUT2D eigenvalue weighted by atomic mass is 16.5. The molecule has 2 rings (SSSR count). The van der Waals surface area contributed by atoms with Gasteiger partial charge < -0.3 is 20.5 Å². The maximum absolute atomic E-state index is 12.0. The van der Waals surface area contributed by atoms with Crippen LogP contribution in [0.4, 0.5) is 10.5 Å². The molecule has 0 heterocycles. The molecule has 148 valence electrons. The predicted octanol–water partition coefficient (Wildman–Crippen LogP) is 1.81. The molecule has 0 saturated carbocycles. The molecule has 0 atom stereocenters. The summed E-state index contributed by atoms with van der Waals surface area (Å²) >= 11 is 0. The number of rotatable bonds is 7. The summed E-state index contributed by atoms with van der Waals surface area (Å²) in [6, 6.07) is 14.2. The maximum atomic E-state index is 12.0. The van der Waals surface area contributed by atoms with E-state index in [1.54, 1.807) is 36.4 Å². The zero-order valence-corrected chi connectivity index (χ0v) is 15.5. The molecule has 4 N–H and O–H groups in total. The molecule has 0 aliphatic rings. The number of nitriles is 1. The number of nitrogens with two attached hydrogens (primary N) is 1. The second-order valence-electron chi connectivity index (χ2n) is 5.60. The van der Waals surface area contributed by atoms with Crippen molar-refractivity contribution in [3.63, 3.8) is 0 Å². The van der Waals surface area contributed by atoms with E-state index in [1.807, 2.05) is 11.4 Å². The monoisotopic (exact) mass is 394 g/mol. The van der Waals surface area contributed by atoms with Gasteiger partial charge in [-0.25, -0.2) is 4.79 Å². The van der Waals surface area contributed by atoms with Crippen molar-refractivity contribution in [3.8, 4) is 17.6 Å². The molecule has 2 aromatic carbocycles. The molecule has 9 nitrogen and oxygen atoms in total. The first kappa shape index (κ1) is 21.0. The van der Waals surface area contributed by atoms with Crippen LogP contribution in [0.25, 0.3) is 6.08 Å². The molecule has 9 heteroatoms. The van der Waals surface area contributed by atoms with Crippen LogP contribution in [0.15, 0.2) is 54.1 Å². The van der Waals surface area contributed by atoms with E-state index < -0.39 is 11.9 Å². The Kier molecular flexibility index (Phi) is 7.33. The molecule has 0 radical (unpaired) electrons. The quantitative estimate of drug-likeness (QED) is 0.483. The minimum absolute atomic E-state index is 0.245. The Morgan fingerprint density at radius 1 is 1.14 bits per heavy atom. The van der Waals surface area contributed by atoms with Crippen LogP contribution in [0.3, 0.4) is 0 Å². The van der Waals surface area contributed by atoms with E-state index in [1.165, 1.54) is 25.3 Å². The Labute approximate surface area is 166 Å². The molecule has 29 heavy (non-hydrogen) atoms. The van der Waals surface area contributed by atoms with Crippen molar-refractivity contribution in [2.24, 2.45) is 5.73 Å². The number of para-hydroxylation sites is 1. The lowest BCUT2D eigenvalue weighted by Gasteiger charge is -2.11. The minimum Gasteiger partial charge on any atom is -0.493 e. The molecule has 0 spiro atoms. The summed E-state index contributed by atoms with van der Waals surface area (Å²) in [6.45, 7) is -0.245. The van der Waals surface area contributed by atoms with E-state index in [9.17, 15) is 14.4 Å².